The van der Waals surface area contributed by atoms with Crippen LogP contribution in [0.1, 0.15) is 47.1 Å². The Hall–Kier alpha value is -2.37. The van der Waals surface area contributed by atoms with Gasteiger partial charge in [0.1, 0.15) is 23.9 Å². The summed E-state index contributed by atoms with van der Waals surface area (Å²) in [6.45, 7) is 0.759. The molecule has 26 heavy (non-hydrogen) atoms. The van der Waals surface area contributed by atoms with Gasteiger partial charge in [0, 0.05) is 12.1 Å². The number of halogens is 1. The van der Waals surface area contributed by atoms with Crippen LogP contribution in [0.25, 0.3) is 0 Å². The second-order valence-corrected chi connectivity index (χ2v) is 7.22. The fourth-order valence-electron chi connectivity index (χ4n) is 3.94. The number of ether oxygens (including phenoxy) is 1. The predicted molar refractivity (Wildman–Crippen MR) is 99.3 cm³/mol. The molecule has 1 saturated carbocycles. The van der Waals surface area contributed by atoms with E-state index >= 15 is 0 Å². The largest absolute Gasteiger partial charge is 0.354 e. The topological polar surface area (TPSA) is 63.3 Å². The van der Waals surface area contributed by atoms with Crippen LogP contribution in [0.4, 0.5) is 4.39 Å². The van der Waals surface area contributed by atoms with Crippen molar-refractivity contribution in [3.63, 3.8) is 0 Å². The molecule has 2 heterocycles. The van der Waals surface area contributed by atoms with Crippen LogP contribution in [0, 0.1) is 5.82 Å². The van der Waals surface area contributed by atoms with E-state index in [9.17, 15) is 4.39 Å². The van der Waals surface area contributed by atoms with Gasteiger partial charge in [-0.15, -0.1) is 0 Å². The van der Waals surface area contributed by atoms with Crippen molar-refractivity contribution in [2.45, 2.75) is 30.5 Å². The van der Waals surface area contributed by atoms with E-state index in [0.717, 1.165) is 5.56 Å². The summed E-state index contributed by atoms with van der Waals surface area (Å²) in [6, 6.07) is 13.5. The first-order chi connectivity index (χ1) is 12.7. The minimum Gasteiger partial charge on any atom is -0.354 e. The van der Waals surface area contributed by atoms with Gasteiger partial charge in [-0.25, -0.2) is 9.38 Å². The maximum absolute atomic E-state index is 14.3. The minimum atomic E-state index is -0.590. The van der Waals surface area contributed by atoms with E-state index < -0.39 is 5.60 Å². The Morgan fingerprint density at radius 3 is 2.65 bits per heavy atom. The lowest BCUT2D eigenvalue weighted by molar-refractivity contribution is 0.301. The third-order valence-electron chi connectivity index (χ3n) is 5.60. The van der Waals surface area contributed by atoms with Crippen LogP contribution in [0.3, 0.4) is 0 Å². The van der Waals surface area contributed by atoms with E-state index in [1.807, 2.05) is 12.1 Å². The van der Waals surface area contributed by atoms with Crippen LogP contribution >= 0.6 is 0 Å². The van der Waals surface area contributed by atoms with Crippen LogP contribution in [0.2, 0.25) is 0 Å². The molecule has 2 aliphatic heterocycles. The Balaban J connectivity index is 1.53. The number of benzene rings is 2. The average Bonchev–Trinajstić information content (AvgIpc) is 3.59. The van der Waals surface area contributed by atoms with E-state index in [2.05, 4.69) is 28.2 Å². The number of aliphatic imine (C=N–C) groups is 2. The zero-order valence-corrected chi connectivity index (χ0v) is 14.4. The molecule has 2 aromatic rings. The van der Waals surface area contributed by atoms with Crippen LogP contribution in [0.5, 0.6) is 0 Å². The highest BCUT2D eigenvalue weighted by molar-refractivity contribution is 6.08. The van der Waals surface area contributed by atoms with E-state index in [4.69, 9.17) is 10.5 Å². The summed E-state index contributed by atoms with van der Waals surface area (Å²) in [6.07, 6.45) is 3.87. The Labute approximate surface area is 151 Å². The molecular weight excluding hydrogens is 329 g/mol. The summed E-state index contributed by atoms with van der Waals surface area (Å²) in [5, 5.41) is 0. The Kier molecular flexibility index (Phi) is 3.55. The van der Waals surface area contributed by atoms with Crippen LogP contribution in [0.15, 0.2) is 52.4 Å². The SMILES string of the molecule is NCC1(c2ccc(F)c(C3=NC=NC3)c2)OC1c1ccccc1C1CC1. The summed E-state index contributed by atoms with van der Waals surface area (Å²) >= 11 is 0. The predicted octanol–water partition coefficient (Wildman–Crippen LogP) is 3.46. The lowest BCUT2D eigenvalue weighted by Crippen LogP contribution is -2.23. The number of hydrogen-bond acceptors (Lipinski definition) is 4. The molecule has 0 radical (unpaired) electrons. The highest BCUT2D eigenvalue weighted by Gasteiger charge is 2.58. The normalized spacial score (nSPS) is 26.8. The maximum atomic E-state index is 14.3. The highest BCUT2D eigenvalue weighted by atomic mass is 19.1. The molecule has 2 fully saturated rings. The van der Waals surface area contributed by atoms with Crippen molar-refractivity contribution >= 4 is 12.1 Å². The van der Waals surface area contributed by atoms with Crippen molar-refractivity contribution in [1.29, 1.82) is 0 Å². The minimum absolute atomic E-state index is 0.0793. The molecule has 5 heteroatoms. The van der Waals surface area contributed by atoms with E-state index in [1.165, 1.54) is 36.4 Å². The van der Waals surface area contributed by atoms with Crippen molar-refractivity contribution in [2.75, 3.05) is 13.1 Å². The molecule has 2 unspecified atom stereocenters. The summed E-state index contributed by atoms with van der Waals surface area (Å²) in [5.41, 5.74) is 10.2. The molecule has 4 nitrogen and oxygen atoms in total. The molecule has 132 valence electrons. The van der Waals surface area contributed by atoms with Crippen molar-refractivity contribution in [2.24, 2.45) is 15.7 Å². The number of nitrogens with two attached hydrogens (primary N) is 1. The lowest BCUT2D eigenvalue weighted by Gasteiger charge is -2.14. The zero-order chi connectivity index (χ0) is 17.7. The first kappa shape index (κ1) is 15.9. The summed E-state index contributed by atoms with van der Waals surface area (Å²) in [4.78, 5) is 8.23. The molecule has 2 aromatic carbocycles. The third-order valence-corrected chi connectivity index (χ3v) is 5.60. The first-order valence-corrected chi connectivity index (χ1v) is 9.05. The quantitative estimate of drug-likeness (QED) is 0.840. The van der Waals surface area contributed by atoms with Crippen LogP contribution in [-0.2, 0) is 10.3 Å². The van der Waals surface area contributed by atoms with Crippen LogP contribution < -0.4 is 5.73 Å². The number of epoxide rings is 1. The number of nitrogens with zero attached hydrogens (tertiary/aromatic N) is 2. The van der Waals surface area contributed by atoms with E-state index in [0.29, 0.717) is 30.3 Å². The Morgan fingerprint density at radius 1 is 1.15 bits per heavy atom. The lowest BCUT2D eigenvalue weighted by atomic mass is 9.87. The van der Waals surface area contributed by atoms with Gasteiger partial charge in [0.25, 0.3) is 0 Å². The first-order valence-electron chi connectivity index (χ1n) is 9.05. The maximum Gasteiger partial charge on any atom is 0.136 e. The van der Waals surface area contributed by atoms with Gasteiger partial charge in [0.05, 0.1) is 12.3 Å². The molecule has 3 aliphatic rings. The van der Waals surface area contributed by atoms with Gasteiger partial charge in [-0.2, -0.15) is 0 Å². The smallest absolute Gasteiger partial charge is 0.136 e. The van der Waals surface area contributed by atoms with Gasteiger partial charge in [-0.3, -0.25) is 4.99 Å². The Bertz CT molecular complexity index is 935. The van der Waals surface area contributed by atoms with Gasteiger partial charge < -0.3 is 10.5 Å². The van der Waals surface area contributed by atoms with Crippen LogP contribution in [-0.4, -0.2) is 25.1 Å². The standard InChI is InChI=1S/C21H20FN3O/c22-18-8-7-14(9-17(18)19-10-24-12-25-19)21(11-23)20(26-21)16-4-2-1-3-15(16)13-5-6-13/h1-4,7-9,12-13,20H,5-6,10-11,23H2. The molecule has 0 aromatic heterocycles. The molecule has 2 atom stereocenters. The molecule has 0 amide bonds. The third kappa shape index (κ3) is 2.42. The van der Waals surface area contributed by atoms with Crippen molar-refractivity contribution in [1.82, 2.24) is 0 Å². The summed E-state index contributed by atoms with van der Waals surface area (Å²) in [5.74, 6) is 0.348. The number of hydrogen-bond donors (Lipinski definition) is 1. The second kappa shape index (κ2) is 5.83. The fourth-order valence-corrected chi connectivity index (χ4v) is 3.94. The summed E-state index contributed by atoms with van der Waals surface area (Å²) < 4.78 is 20.5. The monoisotopic (exact) mass is 349 g/mol. The van der Waals surface area contributed by atoms with Crippen molar-refractivity contribution in [3.05, 3.63) is 70.5 Å². The molecule has 1 saturated heterocycles. The van der Waals surface area contributed by atoms with Gasteiger partial charge in [-0.05, 0) is 47.6 Å². The summed E-state index contributed by atoms with van der Waals surface area (Å²) in [7, 11) is 0. The Morgan fingerprint density at radius 2 is 1.96 bits per heavy atom. The van der Waals surface area contributed by atoms with E-state index in [-0.39, 0.29) is 11.9 Å². The molecule has 0 spiro atoms. The highest BCUT2D eigenvalue weighted by Crippen LogP contribution is 2.59. The van der Waals surface area contributed by atoms with E-state index in [1.54, 1.807) is 6.07 Å². The van der Waals surface area contributed by atoms with Crippen molar-refractivity contribution < 1.29 is 9.13 Å². The van der Waals surface area contributed by atoms with Gasteiger partial charge in [-0.1, -0.05) is 30.3 Å². The molecule has 5 rings (SSSR count). The fraction of sp³-hybridized carbons (Fsp3) is 0.333. The zero-order valence-electron chi connectivity index (χ0n) is 14.4. The molecule has 2 N–H and O–H groups in total. The molecule has 0 bridgehead atoms. The van der Waals surface area contributed by atoms with Gasteiger partial charge in [0.2, 0.25) is 0 Å². The second-order valence-electron chi connectivity index (χ2n) is 7.22. The van der Waals surface area contributed by atoms with Crippen molar-refractivity contribution in [3.8, 4) is 0 Å². The van der Waals surface area contributed by atoms with Gasteiger partial charge in [0.15, 0.2) is 0 Å². The number of rotatable bonds is 5. The van der Waals surface area contributed by atoms with Gasteiger partial charge >= 0.3 is 0 Å². The molecule has 1 aliphatic carbocycles. The average molecular weight is 349 g/mol. The molecular formula is C21H20FN3O.